The number of benzene rings is 2. The fraction of sp³-hybridized carbons (Fsp3) is 0.0435. The molecule has 154 valence electrons. The molecule has 2 aromatic heterocycles. The van der Waals surface area contributed by atoms with Gasteiger partial charge in [-0.2, -0.15) is 0 Å². The van der Waals surface area contributed by atoms with Crippen LogP contribution >= 0.6 is 22.9 Å². The molecule has 0 unspecified atom stereocenters. The molecule has 4 aromatic rings. The number of nitrogens with one attached hydrogen (secondary N) is 2. The Kier molecular flexibility index (Phi) is 6.06. The van der Waals surface area contributed by atoms with Gasteiger partial charge in [0.25, 0.3) is 5.91 Å². The monoisotopic (exact) mass is 448 g/mol. The van der Waals surface area contributed by atoms with Crippen molar-refractivity contribution in [1.82, 2.24) is 9.97 Å². The normalized spacial score (nSPS) is 10.5. The Morgan fingerprint density at radius 1 is 1.00 bits per heavy atom. The van der Waals surface area contributed by atoms with Crippen molar-refractivity contribution < 1.29 is 9.59 Å². The summed E-state index contributed by atoms with van der Waals surface area (Å²) in [6.45, 7) is 1.38. The molecular weight excluding hydrogens is 432 g/mol. The number of carbonyl (C=O) groups excluding carboxylic acids is 2. The summed E-state index contributed by atoms with van der Waals surface area (Å²) >= 11 is 7.80. The zero-order chi connectivity index (χ0) is 21.8. The van der Waals surface area contributed by atoms with Gasteiger partial charge in [0.2, 0.25) is 5.91 Å². The van der Waals surface area contributed by atoms with Crippen LogP contribution in [0.2, 0.25) is 5.02 Å². The molecule has 0 atom stereocenters. The van der Waals surface area contributed by atoms with E-state index in [0.29, 0.717) is 22.1 Å². The van der Waals surface area contributed by atoms with E-state index < -0.39 is 0 Å². The van der Waals surface area contributed by atoms with Crippen molar-refractivity contribution in [1.29, 1.82) is 0 Å². The van der Waals surface area contributed by atoms with Gasteiger partial charge in [-0.15, -0.1) is 11.3 Å². The summed E-state index contributed by atoms with van der Waals surface area (Å²) in [6.07, 6.45) is 1.47. The summed E-state index contributed by atoms with van der Waals surface area (Å²) in [6, 6.07) is 18.1. The maximum absolute atomic E-state index is 12.6. The van der Waals surface area contributed by atoms with Gasteiger partial charge in [-0.1, -0.05) is 41.9 Å². The zero-order valence-electron chi connectivity index (χ0n) is 16.4. The van der Waals surface area contributed by atoms with Gasteiger partial charge in [0.05, 0.1) is 10.7 Å². The lowest BCUT2D eigenvalue weighted by atomic mass is 10.1. The fourth-order valence-electron chi connectivity index (χ4n) is 2.94. The number of anilines is 2. The molecule has 0 saturated carbocycles. The molecule has 0 aliphatic carbocycles. The van der Waals surface area contributed by atoms with E-state index in [4.69, 9.17) is 16.6 Å². The minimum Gasteiger partial charge on any atom is -0.322 e. The minimum absolute atomic E-state index is 0.253. The van der Waals surface area contributed by atoms with E-state index >= 15 is 0 Å². The second kappa shape index (κ2) is 9.07. The van der Waals surface area contributed by atoms with Crippen molar-refractivity contribution in [3.63, 3.8) is 0 Å². The number of hydrogen-bond donors (Lipinski definition) is 2. The Hall–Kier alpha value is -3.55. The van der Waals surface area contributed by atoms with Crippen LogP contribution in [0.25, 0.3) is 21.8 Å². The lowest BCUT2D eigenvalue weighted by molar-refractivity contribution is -0.114. The van der Waals surface area contributed by atoms with Gasteiger partial charge in [-0.05, 0) is 30.3 Å². The highest BCUT2D eigenvalue weighted by molar-refractivity contribution is 7.13. The van der Waals surface area contributed by atoms with Crippen molar-refractivity contribution in [2.24, 2.45) is 0 Å². The van der Waals surface area contributed by atoms with Gasteiger partial charge in [-0.25, -0.2) is 9.97 Å². The van der Waals surface area contributed by atoms with E-state index in [1.165, 1.54) is 30.5 Å². The quantitative estimate of drug-likeness (QED) is 0.408. The third-order valence-electron chi connectivity index (χ3n) is 4.35. The molecule has 31 heavy (non-hydrogen) atoms. The first-order valence-corrected chi connectivity index (χ1v) is 10.6. The Morgan fingerprint density at radius 3 is 2.65 bits per heavy atom. The Morgan fingerprint density at radius 2 is 1.84 bits per heavy atom. The summed E-state index contributed by atoms with van der Waals surface area (Å²) in [5.41, 5.74) is 3.58. The smallest absolute Gasteiger partial charge is 0.255 e. The third-order valence-corrected chi connectivity index (χ3v) is 5.56. The van der Waals surface area contributed by atoms with E-state index in [1.807, 2.05) is 47.8 Å². The SMILES string of the molecule is CC(=O)Nc1cc(C(=O)Nc2cccc(-c3csc(-c4ccccc4Cl)n3)c2)ccn1. The van der Waals surface area contributed by atoms with Crippen LogP contribution in [0.3, 0.4) is 0 Å². The molecule has 0 spiro atoms. The number of halogens is 1. The minimum atomic E-state index is -0.304. The number of aromatic nitrogens is 2. The largest absolute Gasteiger partial charge is 0.322 e. The first-order chi connectivity index (χ1) is 15.0. The Labute approximate surface area is 188 Å². The number of rotatable bonds is 5. The highest BCUT2D eigenvalue weighted by atomic mass is 35.5. The first kappa shape index (κ1) is 20.7. The molecule has 2 N–H and O–H groups in total. The number of hydrogen-bond acceptors (Lipinski definition) is 5. The topological polar surface area (TPSA) is 84.0 Å². The zero-order valence-corrected chi connectivity index (χ0v) is 18.0. The second-order valence-corrected chi connectivity index (χ2v) is 7.93. The van der Waals surface area contributed by atoms with Crippen molar-refractivity contribution in [2.45, 2.75) is 6.92 Å². The van der Waals surface area contributed by atoms with Crippen molar-refractivity contribution in [2.75, 3.05) is 10.6 Å². The fourth-order valence-corrected chi connectivity index (χ4v) is 4.09. The molecule has 2 aromatic carbocycles. The van der Waals surface area contributed by atoms with E-state index in [-0.39, 0.29) is 11.8 Å². The lowest BCUT2D eigenvalue weighted by Crippen LogP contribution is -2.13. The van der Waals surface area contributed by atoms with Crippen LogP contribution in [-0.4, -0.2) is 21.8 Å². The highest BCUT2D eigenvalue weighted by Crippen LogP contribution is 2.33. The van der Waals surface area contributed by atoms with Crippen LogP contribution in [0, 0.1) is 0 Å². The molecule has 0 aliphatic heterocycles. The molecule has 8 heteroatoms. The van der Waals surface area contributed by atoms with E-state index in [9.17, 15) is 9.59 Å². The van der Waals surface area contributed by atoms with Crippen LogP contribution in [0.5, 0.6) is 0 Å². The predicted octanol–water partition coefficient (Wildman–Crippen LogP) is 5.74. The molecule has 0 saturated heterocycles. The summed E-state index contributed by atoms with van der Waals surface area (Å²) < 4.78 is 0. The summed E-state index contributed by atoms with van der Waals surface area (Å²) in [7, 11) is 0. The standard InChI is InChI=1S/C23H17ClN4O2S/c1-14(29)26-21-12-16(9-10-25-21)22(30)27-17-6-4-5-15(11-17)20-13-31-23(28-20)18-7-2-3-8-19(18)24/h2-13H,1H3,(H,27,30)(H,25,26,29). The Bertz CT molecular complexity index is 1270. The molecule has 2 amide bonds. The average Bonchev–Trinajstić information content (AvgIpc) is 3.24. The number of nitrogens with zero attached hydrogens (tertiary/aromatic N) is 2. The Balaban J connectivity index is 1.54. The molecule has 2 heterocycles. The number of thiazole rings is 1. The van der Waals surface area contributed by atoms with E-state index in [2.05, 4.69) is 15.6 Å². The number of carbonyl (C=O) groups is 2. The second-order valence-electron chi connectivity index (χ2n) is 6.66. The number of amides is 2. The van der Waals surface area contributed by atoms with Crippen molar-refractivity contribution >= 4 is 46.3 Å². The molecular formula is C23H17ClN4O2S. The van der Waals surface area contributed by atoms with E-state index in [1.54, 1.807) is 12.1 Å². The first-order valence-electron chi connectivity index (χ1n) is 9.35. The molecule has 0 bridgehead atoms. The highest BCUT2D eigenvalue weighted by Gasteiger charge is 2.12. The molecule has 0 aliphatic rings. The van der Waals surface area contributed by atoms with Crippen LogP contribution in [-0.2, 0) is 4.79 Å². The van der Waals surface area contributed by atoms with Crippen molar-refractivity contribution in [3.05, 3.63) is 82.8 Å². The van der Waals surface area contributed by atoms with Gasteiger partial charge in [0.1, 0.15) is 10.8 Å². The van der Waals surface area contributed by atoms with Crippen LogP contribution in [0.4, 0.5) is 11.5 Å². The maximum atomic E-state index is 12.6. The average molecular weight is 449 g/mol. The van der Waals surface area contributed by atoms with Crippen LogP contribution < -0.4 is 10.6 Å². The predicted molar refractivity (Wildman–Crippen MR) is 124 cm³/mol. The summed E-state index contributed by atoms with van der Waals surface area (Å²) in [5, 5.41) is 8.88. The van der Waals surface area contributed by atoms with Gasteiger partial charge in [0.15, 0.2) is 0 Å². The summed E-state index contributed by atoms with van der Waals surface area (Å²) in [5.74, 6) is -0.234. The third kappa shape index (κ3) is 4.96. The van der Waals surface area contributed by atoms with Crippen LogP contribution in [0.15, 0.2) is 72.2 Å². The molecule has 4 rings (SSSR count). The van der Waals surface area contributed by atoms with Crippen LogP contribution in [0.1, 0.15) is 17.3 Å². The molecule has 0 fully saturated rings. The maximum Gasteiger partial charge on any atom is 0.255 e. The van der Waals surface area contributed by atoms with E-state index in [0.717, 1.165) is 21.8 Å². The number of pyridine rings is 1. The van der Waals surface area contributed by atoms with Gasteiger partial charge < -0.3 is 10.6 Å². The van der Waals surface area contributed by atoms with Gasteiger partial charge in [0, 0.05) is 40.9 Å². The molecule has 0 radical (unpaired) electrons. The lowest BCUT2D eigenvalue weighted by Gasteiger charge is -2.08. The van der Waals surface area contributed by atoms with Crippen molar-refractivity contribution in [3.8, 4) is 21.8 Å². The van der Waals surface area contributed by atoms with Gasteiger partial charge >= 0.3 is 0 Å². The summed E-state index contributed by atoms with van der Waals surface area (Å²) in [4.78, 5) is 32.6. The molecule has 6 nitrogen and oxygen atoms in total. The van der Waals surface area contributed by atoms with Gasteiger partial charge in [-0.3, -0.25) is 9.59 Å².